The van der Waals surface area contributed by atoms with Gasteiger partial charge in [0.1, 0.15) is 30.5 Å². The molecule has 0 radical (unpaired) electrons. The average molecular weight is 396 g/mol. The lowest BCUT2D eigenvalue weighted by molar-refractivity contribution is -0.119. The fourth-order valence-corrected chi connectivity index (χ4v) is 3.11. The first-order valence-corrected chi connectivity index (χ1v) is 9.92. The number of rotatable bonds is 9. The van der Waals surface area contributed by atoms with Crippen LogP contribution in [0.2, 0.25) is 0 Å². The first kappa shape index (κ1) is 20.5. The molecule has 2 aromatic carbocycles. The van der Waals surface area contributed by atoms with Crippen LogP contribution >= 0.6 is 0 Å². The molecule has 2 aromatic rings. The number of nitrogens with zero attached hydrogens (tertiary/aromatic N) is 1. The topological polar surface area (TPSA) is 84.9 Å². The van der Waals surface area contributed by atoms with Gasteiger partial charge in [-0.05, 0) is 36.4 Å². The van der Waals surface area contributed by atoms with Crippen LogP contribution < -0.4 is 19.1 Å². The molecule has 0 aromatic heterocycles. The van der Waals surface area contributed by atoms with E-state index in [1.54, 1.807) is 31.4 Å². The van der Waals surface area contributed by atoms with Crippen molar-refractivity contribution >= 4 is 21.6 Å². The molecule has 0 aliphatic heterocycles. The molecule has 0 aliphatic rings. The highest BCUT2D eigenvalue weighted by Gasteiger charge is 2.23. The second-order valence-electron chi connectivity index (χ2n) is 5.59. The second-order valence-corrected chi connectivity index (χ2v) is 7.50. The number of halogens is 1. The SMILES string of the molecule is COc1ccc(OCCNC(=O)CN(c2ccccc2F)S(C)(=O)=O)cc1. The van der Waals surface area contributed by atoms with E-state index in [1.807, 2.05) is 0 Å². The number of amides is 1. The monoisotopic (exact) mass is 396 g/mol. The molecule has 0 saturated heterocycles. The molecule has 2 rings (SSSR count). The number of carbonyl (C=O) groups is 1. The van der Waals surface area contributed by atoms with E-state index >= 15 is 0 Å². The van der Waals surface area contributed by atoms with E-state index in [1.165, 1.54) is 18.2 Å². The fraction of sp³-hybridized carbons (Fsp3) is 0.278. The minimum atomic E-state index is -3.83. The van der Waals surface area contributed by atoms with Gasteiger partial charge in [0.25, 0.3) is 0 Å². The lowest BCUT2D eigenvalue weighted by Crippen LogP contribution is -2.41. The van der Waals surface area contributed by atoms with E-state index in [2.05, 4.69) is 5.32 Å². The predicted molar refractivity (Wildman–Crippen MR) is 100 cm³/mol. The quantitative estimate of drug-likeness (QED) is 0.654. The number of nitrogens with one attached hydrogen (secondary N) is 1. The summed E-state index contributed by atoms with van der Waals surface area (Å²) in [5, 5.41) is 2.55. The molecular weight excluding hydrogens is 375 g/mol. The standard InChI is InChI=1S/C18H21FN2O5S/c1-25-14-7-9-15(10-8-14)26-12-11-20-18(22)13-21(27(2,23)24)17-6-4-3-5-16(17)19/h3-10H,11-13H2,1-2H3,(H,20,22). The van der Waals surface area contributed by atoms with Gasteiger partial charge in [-0.15, -0.1) is 0 Å². The molecule has 1 N–H and O–H groups in total. The maximum Gasteiger partial charge on any atom is 0.240 e. The van der Waals surface area contributed by atoms with Crippen molar-refractivity contribution in [3.63, 3.8) is 0 Å². The zero-order chi connectivity index (χ0) is 19.9. The highest BCUT2D eigenvalue weighted by Crippen LogP contribution is 2.21. The van der Waals surface area contributed by atoms with Crippen molar-refractivity contribution in [2.24, 2.45) is 0 Å². The molecule has 27 heavy (non-hydrogen) atoms. The van der Waals surface area contributed by atoms with Crippen LogP contribution in [0.15, 0.2) is 48.5 Å². The summed E-state index contributed by atoms with van der Waals surface area (Å²) >= 11 is 0. The molecule has 0 heterocycles. The number of para-hydroxylation sites is 1. The molecule has 0 unspecified atom stereocenters. The molecule has 0 saturated carbocycles. The fourth-order valence-electron chi connectivity index (χ4n) is 2.25. The number of carbonyl (C=O) groups excluding carboxylic acids is 1. The van der Waals surface area contributed by atoms with E-state index in [-0.39, 0.29) is 18.8 Å². The third-order valence-electron chi connectivity index (χ3n) is 3.56. The van der Waals surface area contributed by atoms with Gasteiger partial charge in [0.2, 0.25) is 15.9 Å². The number of ether oxygens (including phenoxy) is 2. The summed E-state index contributed by atoms with van der Waals surface area (Å²) in [7, 11) is -2.26. The van der Waals surface area contributed by atoms with Crippen LogP contribution in [-0.4, -0.2) is 47.4 Å². The summed E-state index contributed by atoms with van der Waals surface area (Å²) in [6, 6.07) is 12.3. The van der Waals surface area contributed by atoms with Crippen molar-refractivity contribution in [3.05, 3.63) is 54.3 Å². The minimum absolute atomic E-state index is 0.166. The zero-order valence-corrected chi connectivity index (χ0v) is 15.8. The van der Waals surface area contributed by atoms with Crippen molar-refractivity contribution in [2.45, 2.75) is 0 Å². The van der Waals surface area contributed by atoms with Gasteiger partial charge in [-0.25, -0.2) is 12.8 Å². The molecule has 146 valence electrons. The third-order valence-corrected chi connectivity index (χ3v) is 4.69. The van der Waals surface area contributed by atoms with E-state index in [0.29, 0.717) is 11.5 Å². The summed E-state index contributed by atoms with van der Waals surface area (Å²) in [4.78, 5) is 12.1. The summed E-state index contributed by atoms with van der Waals surface area (Å²) < 4.78 is 49.0. The van der Waals surface area contributed by atoms with Crippen molar-refractivity contribution < 1.29 is 27.1 Å². The van der Waals surface area contributed by atoms with Gasteiger partial charge in [-0.1, -0.05) is 12.1 Å². The minimum Gasteiger partial charge on any atom is -0.497 e. The Morgan fingerprint density at radius 1 is 1.11 bits per heavy atom. The maximum absolute atomic E-state index is 13.9. The molecule has 0 bridgehead atoms. The summed E-state index contributed by atoms with van der Waals surface area (Å²) in [5.41, 5.74) is -0.176. The van der Waals surface area contributed by atoms with Crippen molar-refractivity contribution in [1.29, 1.82) is 0 Å². The van der Waals surface area contributed by atoms with Gasteiger partial charge in [0.15, 0.2) is 0 Å². The van der Waals surface area contributed by atoms with Crippen molar-refractivity contribution in [1.82, 2.24) is 5.32 Å². The van der Waals surface area contributed by atoms with Crippen LogP contribution in [0.5, 0.6) is 11.5 Å². The largest absolute Gasteiger partial charge is 0.497 e. The number of sulfonamides is 1. The normalized spacial score (nSPS) is 10.9. The van der Waals surface area contributed by atoms with Crippen LogP contribution in [0, 0.1) is 5.82 Å². The summed E-state index contributed by atoms with van der Waals surface area (Å²) in [6.45, 7) is -0.168. The highest BCUT2D eigenvalue weighted by atomic mass is 32.2. The molecule has 0 atom stereocenters. The van der Waals surface area contributed by atoms with Crippen LogP contribution in [0.1, 0.15) is 0 Å². The van der Waals surface area contributed by atoms with Crippen molar-refractivity contribution in [3.8, 4) is 11.5 Å². The third kappa shape index (κ3) is 6.14. The number of anilines is 1. The van der Waals surface area contributed by atoms with Crippen molar-refractivity contribution in [2.75, 3.05) is 37.4 Å². The van der Waals surface area contributed by atoms with Crippen LogP contribution in [0.4, 0.5) is 10.1 Å². The predicted octanol–water partition coefficient (Wildman–Crippen LogP) is 1.80. The molecule has 0 aliphatic carbocycles. The Hall–Kier alpha value is -2.81. The summed E-state index contributed by atoms with van der Waals surface area (Å²) in [6.07, 6.45) is 0.916. The Morgan fingerprint density at radius 2 is 1.74 bits per heavy atom. The van der Waals surface area contributed by atoms with Gasteiger partial charge in [-0.3, -0.25) is 9.10 Å². The van der Waals surface area contributed by atoms with Crippen LogP contribution in [0.25, 0.3) is 0 Å². The Bertz CT molecular complexity index is 872. The van der Waals surface area contributed by atoms with Gasteiger partial charge in [0, 0.05) is 0 Å². The Kier molecular flexibility index (Phi) is 7.00. The van der Waals surface area contributed by atoms with Crippen LogP contribution in [-0.2, 0) is 14.8 Å². The Morgan fingerprint density at radius 3 is 2.33 bits per heavy atom. The molecule has 1 amide bonds. The van der Waals surface area contributed by atoms with E-state index in [4.69, 9.17) is 9.47 Å². The van der Waals surface area contributed by atoms with E-state index in [9.17, 15) is 17.6 Å². The Balaban J connectivity index is 1.88. The molecule has 7 nitrogen and oxygen atoms in total. The molecular formula is C18H21FN2O5S. The smallest absolute Gasteiger partial charge is 0.240 e. The average Bonchev–Trinajstić information content (AvgIpc) is 2.63. The first-order chi connectivity index (χ1) is 12.8. The molecule has 0 fully saturated rings. The zero-order valence-electron chi connectivity index (χ0n) is 15.0. The summed E-state index contributed by atoms with van der Waals surface area (Å²) in [5.74, 6) is 0.0133. The maximum atomic E-state index is 13.9. The van der Waals surface area contributed by atoms with Gasteiger partial charge < -0.3 is 14.8 Å². The Labute approximate surface area is 157 Å². The number of hydrogen-bond donors (Lipinski definition) is 1. The number of hydrogen-bond acceptors (Lipinski definition) is 5. The molecule has 9 heteroatoms. The first-order valence-electron chi connectivity index (χ1n) is 8.07. The lowest BCUT2D eigenvalue weighted by Gasteiger charge is -2.22. The van der Waals surface area contributed by atoms with E-state index < -0.39 is 28.3 Å². The van der Waals surface area contributed by atoms with Gasteiger partial charge >= 0.3 is 0 Å². The second kappa shape index (κ2) is 9.22. The highest BCUT2D eigenvalue weighted by molar-refractivity contribution is 7.92. The van der Waals surface area contributed by atoms with E-state index in [0.717, 1.165) is 16.6 Å². The number of benzene rings is 2. The number of methoxy groups -OCH3 is 1. The van der Waals surface area contributed by atoms with Gasteiger partial charge in [0.05, 0.1) is 25.6 Å². The molecule has 0 spiro atoms. The van der Waals surface area contributed by atoms with Gasteiger partial charge in [-0.2, -0.15) is 0 Å². The van der Waals surface area contributed by atoms with Crippen LogP contribution in [0.3, 0.4) is 0 Å². The lowest BCUT2D eigenvalue weighted by atomic mass is 10.3.